The molecule has 0 fully saturated rings. The maximum absolute atomic E-state index is 13.7. The molecule has 18 heavy (non-hydrogen) atoms. The third-order valence-electron chi connectivity index (χ3n) is 2.46. The molecule has 0 N–H and O–H groups in total. The van der Waals surface area contributed by atoms with Gasteiger partial charge in [-0.1, -0.05) is 28.1 Å². The third kappa shape index (κ3) is 2.70. The summed E-state index contributed by atoms with van der Waals surface area (Å²) in [5, 5.41) is -1.00. The third-order valence-corrected chi connectivity index (χ3v) is 3.39. The van der Waals surface area contributed by atoms with Crippen molar-refractivity contribution in [2.45, 2.75) is 5.38 Å². The van der Waals surface area contributed by atoms with Crippen molar-refractivity contribution in [3.63, 3.8) is 0 Å². The van der Waals surface area contributed by atoms with Crippen molar-refractivity contribution < 1.29 is 13.2 Å². The molecule has 1 unspecified atom stereocenters. The lowest BCUT2D eigenvalue weighted by atomic mass is 10.0. The average Bonchev–Trinajstić information content (AvgIpc) is 2.28. The fourth-order valence-electron chi connectivity index (χ4n) is 1.59. The highest BCUT2D eigenvalue weighted by atomic mass is 79.9. The van der Waals surface area contributed by atoms with E-state index >= 15 is 0 Å². The first-order valence-corrected chi connectivity index (χ1v) is 6.26. The minimum Gasteiger partial charge on any atom is -0.207 e. The minimum atomic E-state index is -1.00. The number of hydrogen-bond acceptors (Lipinski definition) is 0. The van der Waals surface area contributed by atoms with E-state index in [4.69, 9.17) is 11.6 Å². The van der Waals surface area contributed by atoms with Gasteiger partial charge in [-0.05, 0) is 29.8 Å². The Morgan fingerprint density at radius 1 is 0.944 bits per heavy atom. The normalized spacial score (nSPS) is 12.5. The van der Waals surface area contributed by atoms with Crippen LogP contribution in [0.4, 0.5) is 13.2 Å². The van der Waals surface area contributed by atoms with Gasteiger partial charge in [0.2, 0.25) is 0 Å². The van der Waals surface area contributed by atoms with Gasteiger partial charge < -0.3 is 0 Å². The topological polar surface area (TPSA) is 0 Å². The van der Waals surface area contributed by atoms with Gasteiger partial charge in [-0.15, -0.1) is 11.6 Å². The molecule has 2 rings (SSSR count). The maximum atomic E-state index is 13.7. The standard InChI is InChI=1S/C13H7BrClF3/c14-8-5-10(17)12(11(18)6-8)13(15)7-1-3-9(16)4-2-7/h1-6,13H. The summed E-state index contributed by atoms with van der Waals surface area (Å²) in [7, 11) is 0. The monoisotopic (exact) mass is 334 g/mol. The average molecular weight is 336 g/mol. The molecule has 0 bridgehead atoms. The lowest BCUT2D eigenvalue weighted by Crippen LogP contribution is -2.01. The molecule has 2 aromatic carbocycles. The van der Waals surface area contributed by atoms with Crippen LogP contribution in [0.15, 0.2) is 40.9 Å². The second-order valence-electron chi connectivity index (χ2n) is 3.70. The summed E-state index contributed by atoms with van der Waals surface area (Å²) in [5.74, 6) is -1.92. The molecule has 0 aliphatic carbocycles. The van der Waals surface area contributed by atoms with E-state index in [1.54, 1.807) is 0 Å². The van der Waals surface area contributed by atoms with Crippen molar-refractivity contribution in [3.05, 3.63) is 69.4 Å². The van der Waals surface area contributed by atoms with E-state index in [9.17, 15) is 13.2 Å². The van der Waals surface area contributed by atoms with Gasteiger partial charge >= 0.3 is 0 Å². The summed E-state index contributed by atoms with van der Waals surface area (Å²) in [5.41, 5.74) is 0.185. The van der Waals surface area contributed by atoms with Crippen molar-refractivity contribution in [3.8, 4) is 0 Å². The van der Waals surface area contributed by atoms with E-state index in [0.717, 1.165) is 12.1 Å². The lowest BCUT2D eigenvalue weighted by molar-refractivity contribution is 0.557. The molecule has 0 saturated heterocycles. The SMILES string of the molecule is Fc1ccc(C(Cl)c2c(F)cc(Br)cc2F)cc1. The molecule has 0 heterocycles. The maximum Gasteiger partial charge on any atom is 0.132 e. The molecule has 1 atom stereocenters. The first-order chi connectivity index (χ1) is 8.49. The van der Waals surface area contributed by atoms with Gasteiger partial charge in [0.1, 0.15) is 17.5 Å². The van der Waals surface area contributed by atoms with Gasteiger partial charge in [0, 0.05) is 10.0 Å². The minimum absolute atomic E-state index is 0.244. The number of halogens is 5. The molecule has 0 saturated carbocycles. The Labute approximate surface area is 116 Å². The largest absolute Gasteiger partial charge is 0.207 e. The Morgan fingerprint density at radius 2 is 1.44 bits per heavy atom. The molecule has 0 aromatic heterocycles. The predicted molar refractivity (Wildman–Crippen MR) is 68.2 cm³/mol. The van der Waals surface area contributed by atoms with Gasteiger partial charge in [0.05, 0.1) is 5.38 Å². The molecule has 5 heteroatoms. The van der Waals surface area contributed by atoms with Crippen LogP contribution < -0.4 is 0 Å². The Morgan fingerprint density at radius 3 is 1.94 bits per heavy atom. The van der Waals surface area contributed by atoms with E-state index < -0.39 is 22.8 Å². The highest BCUT2D eigenvalue weighted by Crippen LogP contribution is 2.34. The lowest BCUT2D eigenvalue weighted by Gasteiger charge is -2.12. The zero-order valence-corrected chi connectivity index (χ0v) is 11.3. The molecule has 0 aliphatic heterocycles. The molecular formula is C13H7BrClF3. The first-order valence-electron chi connectivity index (χ1n) is 5.03. The Balaban J connectivity index is 2.46. The molecule has 0 amide bonds. The van der Waals surface area contributed by atoms with Gasteiger partial charge in [-0.3, -0.25) is 0 Å². The highest BCUT2D eigenvalue weighted by Gasteiger charge is 2.20. The molecule has 0 radical (unpaired) electrons. The van der Waals surface area contributed by atoms with E-state index in [1.165, 1.54) is 24.3 Å². The fraction of sp³-hybridized carbons (Fsp3) is 0.0769. The van der Waals surface area contributed by atoms with Crippen LogP contribution >= 0.6 is 27.5 Å². The molecule has 2 aromatic rings. The fourth-order valence-corrected chi connectivity index (χ4v) is 2.35. The first kappa shape index (κ1) is 13.4. The number of benzene rings is 2. The molecule has 0 aliphatic rings. The Hall–Kier alpha value is -1.00. The van der Waals surface area contributed by atoms with Crippen molar-refractivity contribution in [2.24, 2.45) is 0 Å². The number of hydrogen-bond donors (Lipinski definition) is 0. The second-order valence-corrected chi connectivity index (χ2v) is 5.05. The Kier molecular flexibility index (Phi) is 3.97. The van der Waals surface area contributed by atoms with Gasteiger partial charge in [-0.2, -0.15) is 0 Å². The summed E-state index contributed by atoms with van der Waals surface area (Å²) in [4.78, 5) is 0. The number of rotatable bonds is 2. The summed E-state index contributed by atoms with van der Waals surface area (Å²) in [6.45, 7) is 0. The summed E-state index contributed by atoms with van der Waals surface area (Å²) >= 11 is 9.02. The quantitative estimate of drug-likeness (QED) is 0.662. The van der Waals surface area contributed by atoms with Crippen LogP contribution in [0.1, 0.15) is 16.5 Å². The summed E-state index contributed by atoms with van der Waals surface area (Å²) in [6.07, 6.45) is 0. The van der Waals surface area contributed by atoms with Crippen molar-refractivity contribution in [1.82, 2.24) is 0 Å². The molecule has 0 spiro atoms. The summed E-state index contributed by atoms with van der Waals surface area (Å²) < 4.78 is 40.5. The van der Waals surface area contributed by atoms with E-state index in [0.29, 0.717) is 10.0 Å². The van der Waals surface area contributed by atoms with Crippen molar-refractivity contribution in [2.75, 3.05) is 0 Å². The highest BCUT2D eigenvalue weighted by molar-refractivity contribution is 9.10. The van der Waals surface area contributed by atoms with Crippen LogP contribution in [0.25, 0.3) is 0 Å². The van der Waals surface area contributed by atoms with Gasteiger partial charge in [-0.25, -0.2) is 13.2 Å². The zero-order chi connectivity index (χ0) is 13.3. The molecule has 94 valence electrons. The van der Waals surface area contributed by atoms with Gasteiger partial charge in [0.15, 0.2) is 0 Å². The van der Waals surface area contributed by atoms with E-state index in [-0.39, 0.29) is 5.56 Å². The van der Waals surface area contributed by atoms with Crippen LogP contribution in [0.3, 0.4) is 0 Å². The molecule has 0 nitrogen and oxygen atoms in total. The van der Waals surface area contributed by atoms with Crippen LogP contribution in [-0.2, 0) is 0 Å². The van der Waals surface area contributed by atoms with Gasteiger partial charge in [0.25, 0.3) is 0 Å². The second kappa shape index (κ2) is 5.33. The van der Waals surface area contributed by atoms with Crippen LogP contribution in [-0.4, -0.2) is 0 Å². The van der Waals surface area contributed by atoms with Crippen molar-refractivity contribution >= 4 is 27.5 Å². The van der Waals surface area contributed by atoms with E-state index in [1.807, 2.05) is 0 Å². The van der Waals surface area contributed by atoms with Crippen LogP contribution in [0.5, 0.6) is 0 Å². The Bertz CT molecular complexity index is 546. The van der Waals surface area contributed by atoms with Crippen molar-refractivity contribution in [1.29, 1.82) is 0 Å². The molecular weight excluding hydrogens is 328 g/mol. The smallest absolute Gasteiger partial charge is 0.132 e. The van der Waals surface area contributed by atoms with Crippen LogP contribution in [0.2, 0.25) is 0 Å². The van der Waals surface area contributed by atoms with E-state index in [2.05, 4.69) is 15.9 Å². The summed E-state index contributed by atoms with van der Waals surface area (Å²) in [6, 6.07) is 7.45. The number of alkyl halides is 1. The van der Waals surface area contributed by atoms with Crippen LogP contribution in [0, 0.1) is 17.5 Å². The zero-order valence-electron chi connectivity index (χ0n) is 8.93. The predicted octanol–water partition coefficient (Wildman–Crippen LogP) is 5.19.